The molecule has 0 fully saturated rings. The molecule has 0 saturated carbocycles. The Balaban J connectivity index is 1.90. The fourth-order valence-corrected chi connectivity index (χ4v) is 3.88. The number of hydrogen-bond acceptors (Lipinski definition) is 6. The summed E-state index contributed by atoms with van der Waals surface area (Å²) in [6, 6.07) is 8.46. The monoisotopic (exact) mass is 464 g/mol. The Morgan fingerprint density at radius 2 is 2.03 bits per heavy atom. The quantitative estimate of drug-likeness (QED) is 0.460. The van der Waals surface area contributed by atoms with Gasteiger partial charge in [-0.2, -0.15) is 41.5 Å². The number of sulfonamides is 1. The zero-order valence-corrected chi connectivity index (χ0v) is 17.4. The van der Waals surface area contributed by atoms with Gasteiger partial charge in [-0.3, -0.25) is 4.79 Å². The van der Waals surface area contributed by atoms with Crippen LogP contribution in [0.5, 0.6) is 0 Å². The molecule has 13 heteroatoms. The van der Waals surface area contributed by atoms with Crippen molar-refractivity contribution in [2.45, 2.75) is 18.0 Å². The van der Waals surface area contributed by atoms with Gasteiger partial charge in [0.15, 0.2) is 0 Å². The maximum atomic E-state index is 12.9. The van der Waals surface area contributed by atoms with Crippen LogP contribution in [0.15, 0.2) is 52.7 Å². The SMILES string of the molecule is Cc1ccc(NC(=O)C(F)(F)F)cc1S(=O)(=O)N(C)/N=C/c1cnn2ccc(C#N)cc12. The highest BCUT2D eigenvalue weighted by Gasteiger charge is 2.38. The molecule has 3 aromatic rings. The topological polar surface area (TPSA) is 120 Å². The molecule has 0 atom stereocenters. The number of carbonyl (C=O) groups is 1. The van der Waals surface area contributed by atoms with Crippen molar-refractivity contribution in [3.05, 3.63) is 59.4 Å². The van der Waals surface area contributed by atoms with Crippen molar-refractivity contribution in [3.63, 3.8) is 0 Å². The summed E-state index contributed by atoms with van der Waals surface area (Å²) in [6.45, 7) is 1.45. The van der Waals surface area contributed by atoms with Crippen LogP contribution in [0.4, 0.5) is 18.9 Å². The number of amides is 1. The van der Waals surface area contributed by atoms with Crippen molar-refractivity contribution in [1.29, 1.82) is 5.26 Å². The van der Waals surface area contributed by atoms with E-state index in [9.17, 15) is 26.4 Å². The van der Waals surface area contributed by atoms with Gasteiger partial charge in [0.05, 0.1) is 34.5 Å². The van der Waals surface area contributed by atoms with Gasteiger partial charge < -0.3 is 5.32 Å². The summed E-state index contributed by atoms with van der Waals surface area (Å²) < 4.78 is 65.4. The van der Waals surface area contributed by atoms with Crippen molar-refractivity contribution in [1.82, 2.24) is 14.0 Å². The second kappa shape index (κ2) is 8.31. The average molecular weight is 464 g/mol. The average Bonchev–Trinajstić information content (AvgIpc) is 3.14. The highest BCUT2D eigenvalue weighted by atomic mass is 32.2. The number of anilines is 1. The number of nitrogens with one attached hydrogen (secondary N) is 1. The fraction of sp³-hybridized carbons (Fsp3) is 0.158. The van der Waals surface area contributed by atoms with Crippen molar-refractivity contribution in [2.75, 3.05) is 12.4 Å². The Kier molecular flexibility index (Phi) is 5.91. The predicted octanol–water partition coefficient (Wildman–Crippen LogP) is 2.67. The third-order valence-corrected chi connectivity index (χ3v) is 6.15. The van der Waals surface area contributed by atoms with Crippen LogP contribution in [0.25, 0.3) is 5.52 Å². The number of pyridine rings is 1. The van der Waals surface area contributed by atoms with Crippen LogP contribution < -0.4 is 5.32 Å². The third kappa shape index (κ3) is 4.54. The molecule has 0 saturated heterocycles. The lowest BCUT2D eigenvalue weighted by Crippen LogP contribution is -2.30. The van der Waals surface area contributed by atoms with Crippen molar-refractivity contribution in [2.24, 2.45) is 5.10 Å². The number of aromatic nitrogens is 2. The highest BCUT2D eigenvalue weighted by Crippen LogP contribution is 2.25. The van der Waals surface area contributed by atoms with Crippen LogP contribution >= 0.6 is 0 Å². The van der Waals surface area contributed by atoms with E-state index in [-0.39, 0.29) is 16.1 Å². The van der Waals surface area contributed by atoms with Gasteiger partial charge in [-0.15, -0.1) is 0 Å². The number of nitriles is 1. The van der Waals surface area contributed by atoms with Crippen LogP contribution in [0, 0.1) is 18.3 Å². The summed E-state index contributed by atoms with van der Waals surface area (Å²) in [5.41, 5.74) is 1.24. The lowest BCUT2D eigenvalue weighted by molar-refractivity contribution is -0.167. The number of benzene rings is 1. The first-order valence-electron chi connectivity index (χ1n) is 8.82. The molecule has 0 aliphatic rings. The molecule has 2 heterocycles. The van der Waals surface area contributed by atoms with Gasteiger partial charge in [0, 0.05) is 24.5 Å². The molecule has 0 aliphatic heterocycles. The molecule has 0 spiro atoms. The van der Waals surface area contributed by atoms with Gasteiger partial charge in [0.1, 0.15) is 0 Å². The second-order valence-electron chi connectivity index (χ2n) is 6.57. The fourth-order valence-electron chi connectivity index (χ4n) is 2.67. The second-order valence-corrected chi connectivity index (χ2v) is 8.49. The normalized spacial score (nSPS) is 12.1. The van der Waals surface area contributed by atoms with Crippen LogP contribution in [-0.4, -0.2) is 47.8 Å². The van der Waals surface area contributed by atoms with E-state index in [0.29, 0.717) is 21.1 Å². The molecule has 166 valence electrons. The van der Waals surface area contributed by atoms with E-state index in [2.05, 4.69) is 10.2 Å². The zero-order valence-electron chi connectivity index (χ0n) is 16.6. The van der Waals surface area contributed by atoms with E-state index >= 15 is 0 Å². The molecule has 1 N–H and O–H groups in total. The number of aryl methyl sites for hydroxylation is 1. The Morgan fingerprint density at radius 3 is 2.69 bits per heavy atom. The number of carbonyl (C=O) groups excluding carboxylic acids is 1. The molecule has 0 aliphatic carbocycles. The lowest BCUT2D eigenvalue weighted by Gasteiger charge is -2.16. The molecule has 32 heavy (non-hydrogen) atoms. The van der Waals surface area contributed by atoms with E-state index in [1.54, 1.807) is 23.6 Å². The first-order valence-corrected chi connectivity index (χ1v) is 10.3. The summed E-state index contributed by atoms with van der Waals surface area (Å²) in [5, 5.41) is 18.6. The molecular weight excluding hydrogens is 449 g/mol. The summed E-state index contributed by atoms with van der Waals surface area (Å²) in [7, 11) is -3.11. The smallest absolute Gasteiger partial charge is 0.318 e. The molecular formula is C19H15F3N6O3S. The molecule has 0 unspecified atom stereocenters. The van der Waals surface area contributed by atoms with Gasteiger partial charge in [-0.1, -0.05) is 6.07 Å². The van der Waals surface area contributed by atoms with Crippen molar-refractivity contribution < 1.29 is 26.4 Å². The highest BCUT2D eigenvalue weighted by molar-refractivity contribution is 7.89. The minimum absolute atomic E-state index is 0.242. The molecule has 1 aromatic carbocycles. The maximum Gasteiger partial charge on any atom is 0.471 e. The van der Waals surface area contributed by atoms with Crippen LogP contribution in [0.3, 0.4) is 0 Å². The van der Waals surface area contributed by atoms with Crippen molar-refractivity contribution in [3.8, 4) is 6.07 Å². The van der Waals surface area contributed by atoms with Gasteiger partial charge in [-0.05, 0) is 36.8 Å². The van der Waals surface area contributed by atoms with Gasteiger partial charge >= 0.3 is 12.1 Å². The molecule has 1 amide bonds. The maximum absolute atomic E-state index is 12.9. The Bertz CT molecular complexity index is 1370. The van der Waals surface area contributed by atoms with Gasteiger partial charge in [-0.25, -0.2) is 4.52 Å². The van der Waals surface area contributed by atoms with Crippen LogP contribution in [0.1, 0.15) is 16.7 Å². The summed E-state index contributed by atoms with van der Waals surface area (Å²) in [5.74, 6) is -2.22. The predicted molar refractivity (Wildman–Crippen MR) is 108 cm³/mol. The molecule has 2 aromatic heterocycles. The third-order valence-electron chi connectivity index (χ3n) is 4.37. The molecule has 3 rings (SSSR count). The number of hydrogen-bond donors (Lipinski definition) is 1. The van der Waals surface area contributed by atoms with Crippen molar-refractivity contribution >= 4 is 33.3 Å². The van der Waals surface area contributed by atoms with E-state index in [4.69, 9.17) is 5.26 Å². The molecule has 9 nitrogen and oxygen atoms in total. The number of halogens is 3. The number of alkyl halides is 3. The summed E-state index contributed by atoms with van der Waals surface area (Å²) in [6.07, 6.45) is -0.898. The van der Waals surface area contributed by atoms with E-state index in [1.165, 1.54) is 29.9 Å². The Morgan fingerprint density at radius 1 is 1.31 bits per heavy atom. The number of nitrogens with zero attached hydrogens (tertiary/aromatic N) is 5. The zero-order chi connectivity index (χ0) is 23.7. The molecule has 0 bridgehead atoms. The number of rotatable bonds is 5. The van der Waals surface area contributed by atoms with E-state index in [0.717, 1.165) is 19.2 Å². The Hall–Kier alpha value is -3.92. The lowest BCUT2D eigenvalue weighted by atomic mass is 10.2. The van der Waals surface area contributed by atoms with Gasteiger partial charge in [0.2, 0.25) is 0 Å². The Labute approximate surface area is 180 Å². The van der Waals surface area contributed by atoms with Gasteiger partial charge in [0.25, 0.3) is 10.0 Å². The largest absolute Gasteiger partial charge is 0.471 e. The van der Waals surface area contributed by atoms with Crippen LogP contribution in [0.2, 0.25) is 0 Å². The van der Waals surface area contributed by atoms with E-state index in [1.807, 2.05) is 6.07 Å². The first kappa shape index (κ1) is 22.8. The summed E-state index contributed by atoms with van der Waals surface area (Å²) >= 11 is 0. The number of fused-ring (bicyclic) bond motifs is 1. The molecule has 0 radical (unpaired) electrons. The minimum Gasteiger partial charge on any atom is -0.318 e. The minimum atomic E-state index is -5.12. The first-order chi connectivity index (χ1) is 14.9. The number of hydrazone groups is 1. The van der Waals surface area contributed by atoms with Crippen LogP contribution in [-0.2, 0) is 14.8 Å². The standard InChI is InChI=1S/C19H15F3N6O3S/c1-12-3-4-15(26-18(29)19(20,21)22)8-17(12)32(30,31)27(2)24-10-14-11-25-28-6-5-13(9-23)7-16(14)28/h3-8,10-11H,1-2H3,(H,26,29)/b24-10+. The van der Waals surface area contributed by atoms with E-state index < -0.39 is 22.1 Å². The summed E-state index contributed by atoms with van der Waals surface area (Å²) in [4.78, 5) is 10.8.